The zero-order valence-corrected chi connectivity index (χ0v) is 30.7. The van der Waals surface area contributed by atoms with Crippen molar-refractivity contribution in [2.75, 3.05) is 0 Å². The van der Waals surface area contributed by atoms with Crippen LogP contribution in [0.2, 0.25) is 0 Å². The number of benzene rings is 7. The van der Waals surface area contributed by atoms with E-state index in [1.54, 1.807) is 6.08 Å². The van der Waals surface area contributed by atoms with E-state index in [4.69, 9.17) is 9.97 Å². The molecule has 0 unspecified atom stereocenters. The Hall–Kier alpha value is -7.56. The van der Waals surface area contributed by atoms with Gasteiger partial charge in [-0.1, -0.05) is 159 Å². The molecule has 10 aromatic rings. The molecule has 0 aliphatic carbocycles. The summed E-state index contributed by atoms with van der Waals surface area (Å²) in [6, 6.07) is 62.4. The molecule has 0 bridgehead atoms. The van der Waals surface area contributed by atoms with Crippen molar-refractivity contribution in [2.45, 2.75) is 0 Å². The summed E-state index contributed by atoms with van der Waals surface area (Å²) in [4.78, 5) is 10.4. The molecule has 4 heteroatoms. The Morgan fingerprint density at radius 1 is 0.429 bits per heavy atom. The Labute approximate surface area is 325 Å². The molecule has 0 amide bonds. The van der Waals surface area contributed by atoms with E-state index in [1.807, 2.05) is 36.4 Å². The summed E-state index contributed by atoms with van der Waals surface area (Å²) in [5, 5.41) is 4.71. The Kier molecular flexibility index (Phi) is 8.08. The van der Waals surface area contributed by atoms with Gasteiger partial charge in [0.2, 0.25) is 5.95 Å². The topological polar surface area (TPSA) is 35.6 Å². The molecule has 0 spiro atoms. The van der Waals surface area contributed by atoms with E-state index in [1.165, 1.54) is 32.9 Å². The molecule has 0 atom stereocenters. The maximum absolute atomic E-state index is 5.22. The first-order chi connectivity index (χ1) is 27.7. The van der Waals surface area contributed by atoms with Crippen LogP contribution in [0, 0.1) is 0 Å². The van der Waals surface area contributed by atoms with Crippen molar-refractivity contribution in [3.63, 3.8) is 0 Å². The van der Waals surface area contributed by atoms with Crippen molar-refractivity contribution in [1.29, 1.82) is 0 Å². The van der Waals surface area contributed by atoms with E-state index >= 15 is 0 Å². The summed E-state index contributed by atoms with van der Waals surface area (Å²) >= 11 is 0. The van der Waals surface area contributed by atoms with Crippen molar-refractivity contribution in [3.05, 3.63) is 213 Å². The molecular weight excluding hydrogens is 681 g/mol. The molecule has 10 rings (SSSR count). The molecule has 0 radical (unpaired) electrons. The molecule has 0 saturated carbocycles. The van der Waals surface area contributed by atoms with Crippen LogP contribution >= 0.6 is 0 Å². The zero-order chi connectivity index (χ0) is 37.6. The van der Waals surface area contributed by atoms with Crippen LogP contribution < -0.4 is 0 Å². The van der Waals surface area contributed by atoms with Crippen LogP contribution in [0.1, 0.15) is 5.69 Å². The zero-order valence-electron chi connectivity index (χ0n) is 30.7. The van der Waals surface area contributed by atoms with Gasteiger partial charge in [-0.15, -0.1) is 0 Å². The Balaban J connectivity index is 1.15. The Bertz CT molecular complexity index is 3150. The monoisotopic (exact) mass is 716 g/mol. The number of aromatic nitrogens is 4. The molecule has 0 saturated heterocycles. The van der Waals surface area contributed by atoms with Gasteiger partial charge < -0.3 is 4.57 Å². The fourth-order valence-electron chi connectivity index (χ4n) is 8.05. The van der Waals surface area contributed by atoms with E-state index in [2.05, 4.69) is 174 Å². The predicted molar refractivity (Wildman–Crippen MR) is 235 cm³/mol. The number of para-hydroxylation sites is 2. The summed E-state index contributed by atoms with van der Waals surface area (Å²) in [6.07, 6.45) is 5.52. The summed E-state index contributed by atoms with van der Waals surface area (Å²) < 4.78 is 4.57. The number of hydrogen-bond acceptors (Lipinski definition) is 2. The van der Waals surface area contributed by atoms with E-state index < -0.39 is 0 Å². The van der Waals surface area contributed by atoms with Crippen molar-refractivity contribution in [2.24, 2.45) is 0 Å². The maximum atomic E-state index is 5.22. The van der Waals surface area contributed by atoms with Crippen LogP contribution in [0.15, 0.2) is 207 Å². The summed E-state index contributed by atoms with van der Waals surface area (Å²) in [5.41, 5.74) is 13.7. The van der Waals surface area contributed by atoms with Crippen molar-refractivity contribution in [3.8, 4) is 45.1 Å². The molecule has 0 fully saturated rings. The molecule has 0 aliphatic rings. The lowest BCUT2D eigenvalue weighted by molar-refractivity contribution is 0.983. The van der Waals surface area contributed by atoms with Crippen molar-refractivity contribution in [1.82, 2.24) is 19.1 Å². The van der Waals surface area contributed by atoms with Gasteiger partial charge in [0.1, 0.15) is 0 Å². The minimum Gasteiger partial charge on any atom is -0.309 e. The van der Waals surface area contributed by atoms with Crippen LogP contribution in [0.25, 0.3) is 94.3 Å². The van der Waals surface area contributed by atoms with E-state index in [0.717, 1.165) is 61.1 Å². The number of allylic oxidation sites excluding steroid dienone is 4. The molecule has 0 aliphatic heterocycles. The SMILES string of the molecule is C=C/C=C(\C=C)c1cc(-c2ccccc2)nc(-n2c3ccccc3c3ccc(-c4ccc5c(c4)c4ccccc4n5-c4ccc(-c5ccccc5)cc4)cc32)n1. The molecule has 0 N–H and O–H groups in total. The van der Waals surface area contributed by atoms with Crippen LogP contribution in [-0.4, -0.2) is 19.1 Å². The van der Waals surface area contributed by atoms with E-state index in [0.29, 0.717) is 5.95 Å². The normalized spacial score (nSPS) is 11.8. The van der Waals surface area contributed by atoms with Gasteiger partial charge in [-0.05, 0) is 76.4 Å². The molecule has 4 nitrogen and oxygen atoms in total. The van der Waals surface area contributed by atoms with Gasteiger partial charge in [0.05, 0.1) is 33.5 Å². The third-order valence-electron chi connectivity index (χ3n) is 10.7. The lowest BCUT2D eigenvalue weighted by Gasteiger charge is -2.12. The standard InChI is InChI=1S/C52H36N4/c1-3-15-35(4-2)46-34-47(38-18-9-6-10-19-38)54-52(53-46)56-49-23-14-11-20-42(49)44-30-26-40(33-51(44)56)39-27-31-50-45(32-39)43-21-12-13-22-48(43)55(50)41-28-24-37(25-29-41)36-16-7-5-8-17-36/h3-34H,1-2H2/b35-15+. The largest absolute Gasteiger partial charge is 0.309 e. The maximum Gasteiger partial charge on any atom is 0.235 e. The number of fused-ring (bicyclic) bond motifs is 6. The van der Waals surface area contributed by atoms with Gasteiger partial charge in [0.25, 0.3) is 0 Å². The highest BCUT2D eigenvalue weighted by atomic mass is 15.2. The molecule has 264 valence electrons. The fourth-order valence-corrected chi connectivity index (χ4v) is 8.05. The van der Waals surface area contributed by atoms with E-state index in [-0.39, 0.29) is 0 Å². The summed E-state index contributed by atoms with van der Waals surface area (Å²) in [6.45, 7) is 8.02. The first-order valence-electron chi connectivity index (χ1n) is 18.8. The van der Waals surface area contributed by atoms with Gasteiger partial charge in [0, 0.05) is 32.8 Å². The number of nitrogens with zero attached hydrogens (tertiary/aromatic N) is 4. The average molecular weight is 717 g/mol. The smallest absolute Gasteiger partial charge is 0.235 e. The lowest BCUT2D eigenvalue weighted by Crippen LogP contribution is -2.05. The third-order valence-corrected chi connectivity index (χ3v) is 10.7. The van der Waals surface area contributed by atoms with Gasteiger partial charge in [-0.2, -0.15) is 0 Å². The second-order valence-corrected chi connectivity index (χ2v) is 13.9. The minimum atomic E-state index is 0.596. The Morgan fingerprint density at radius 3 is 1.70 bits per heavy atom. The van der Waals surface area contributed by atoms with Gasteiger partial charge >= 0.3 is 0 Å². The highest BCUT2D eigenvalue weighted by molar-refractivity contribution is 6.12. The van der Waals surface area contributed by atoms with Gasteiger partial charge in [-0.25, -0.2) is 9.97 Å². The number of rotatable bonds is 8. The van der Waals surface area contributed by atoms with Crippen LogP contribution in [0.5, 0.6) is 0 Å². The predicted octanol–water partition coefficient (Wildman–Crippen LogP) is 13.4. The quantitative estimate of drug-likeness (QED) is 0.147. The fraction of sp³-hybridized carbons (Fsp3) is 0. The first-order valence-corrected chi connectivity index (χ1v) is 18.8. The summed E-state index contributed by atoms with van der Waals surface area (Å²) in [7, 11) is 0. The first kappa shape index (κ1) is 33.0. The number of hydrogen-bond donors (Lipinski definition) is 0. The van der Waals surface area contributed by atoms with Gasteiger partial charge in [-0.3, -0.25) is 4.57 Å². The highest BCUT2D eigenvalue weighted by Gasteiger charge is 2.19. The molecule has 3 heterocycles. The molecule has 7 aromatic carbocycles. The molecule has 56 heavy (non-hydrogen) atoms. The summed E-state index contributed by atoms with van der Waals surface area (Å²) in [5.74, 6) is 0.596. The van der Waals surface area contributed by atoms with Crippen LogP contribution in [-0.2, 0) is 0 Å². The second kappa shape index (κ2) is 13.7. The molecular formula is C52H36N4. The molecule has 3 aromatic heterocycles. The van der Waals surface area contributed by atoms with Crippen molar-refractivity contribution < 1.29 is 0 Å². The van der Waals surface area contributed by atoms with Crippen molar-refractivity contribution >= 4 is 49.2 Å². The Morgan fingerprint density at radius 2 is 0.982 bits per heavy atom. The third kappa shape index (κ3) is 5.55. The average Bonchev–Trinajstić information content (AvgIpc) is 3.78. The second-order valence-electron chi connectivity index (χ2n) is 13.9. The van der Waals surface area contributed by atoms with Crippen LogP contribution in [0.3, 0.4) is 0 Å². The highest BCUT2D eigenvalue weighted by Crippen LogP contribution is 2.38. The minimum absolute atomic E-state index is 0.596. The van der Waals surface area contributed by atoms with Gasteiger partial charge in [0.15, 0.2) is 0 Å². The lowest BCUT2D eigenvalue weighted by atomic mass is 10.0. The van der Waals surface area contributed by atoms with E-state index in [9.17, 15) is 0 Å². The van der Waals surface area contributed by atoms with Crippen LogP contribution in [0.4, 0.5) is 0 Å².